The first-order valence-corrected chi connectivity index (χ1v) is 10.4. The molecule has 0 radical (unpaired) electrons. The van der Waals surface area contributed by atoms with Crippen molar-refractivity contribution in [2.45, 2.75) is 20.0 Å². The molecule has 0 aliphatic carbocycles. The lowest BCUT2D eigenvalue weighted by atomic mass is 10.1. The molecule has 0 atom stereocenters. The highest BCUT2D eigenvalue weighted by atomic mass is 32.1. The lowest BCUT2D eigenvalue weighted by Gasteiger charge is -2.07. The number of nitrogens with zero attached hydrogens (tertiary/aromatic N) is 4. The van der Waals surface area contributed by atoms with Gasteiger partial charge in [-0.25, -0.2) is 14.1 Å². The Labute approximate surface area is 182 Å². The number of halogens is 1. The number of benzene rings is 2. The Morgan fingerprint density at radius 3 is 2.77 bits per heavy atom. The maximum Gasteiger partial charge on any atom is 0.280 e. The van der Waals surface area contributed by atoms with Crippen molar-refractivity contribution < 1.29 is 13.9 Å². The maximum atomic E-state index is 13.1. The molecule has 0 bridgehead atoms. The van der Waals surface area contributed by atoms with Gasteiger partial charge in [0.2, 0.25) is 0 Å². The standard InChI is InChI=1S/C22H20FN5O2S/c1-14-4-3-5-17(10-14)28-19(13-30-2)20(26-27-28)21(29)25-22-24-12-18(31-22)11-15-6-8-16(23)9-7-15/h3-10,12H,11,13H2,1-2H3,(H,24,25,29). The zero-order valence-corrected chi connectivity index (χ0v) is 17.8. The number of hydrogen-bond donors (Lipinski definition) is 1. The zero-order chi connectivity index (χ0) is 21.8. The minimum absolute atomic E-state index is 0.178. The van der Waals surface area contributed by atoms with Gasteiger partial charge in [-0.15, -0.1) is 16.4 Å². The van der Waals surface area contributed by atoms with Gasteiger partial charge in [-0.3, -0.25) is 10.1 Å². The summed E-state index contributed by atoms with van der Waals surface area (Å²) in [4.78, 5) is 18.1. The molecule has 4 rings (SSSR count). The van der Waals surface area contributed by atoms with E-state index in [1.807, 2.05) is 31.2 Å². The van der Waals surface area contributed by atoms with Crippen molar-refractivity contribution in [2.75, 3.05) is 12.4 Å². The molecule has 4 aromatic rings. The summed E-state index contributed by atoms with van der Waals surface area (Å²) in [5, 5.41) is 11.5. The van der Waals surface area contributed by atoms with Crippen molar-refractivity contribution in [3.63, 3.8) is 0 Å². The number of rotatable bonds is 7. The van der Waals surface area contributed by atoms with Crippen LogP contribution in [-0.2, 0) is 17.8 Å². The minimum Gasteiger partial charge on any atom is -0.378 e. The van der Waals surface area contributed by atoms with Crippen molar-refractivity contribution in [3.05, 3.63) is 87.9 Å². The largest absolute Gasteiger partial charge is 0.378 e. The number of ether oxygens (including phenoxy) is 1. The number of carbonyl (C=O) groups is 1. The molecule has 0 aliphatic heterocycles. The molecule has 2 aromatic carbocycles. The van der Waals surface area contributed by atoms with E-state index in [-0.39, 0.29) is 18.1 Å². The van der Waals surface area contributed by atoms with E-state index in [9.17, 15) is 9.18 Å². The van der Waals surface area contributed by atoms with Crippen molar-refractivity contribution in [1.29, 1.82) is 0 Å². The predicted octanol–water partition coefficient (Wildman–Crippen LogP) is 4.16. The molecule has 158 valence electrons. The number of anilines is 1. The summed E-state index contributed by atoms with van der Waals surface area (Å²) in [6, 6.07) is 14.1. The van der Waals surface area contributed by atoms with E-state index < -0.39 is 5.91 Å². The third-order valence-corrected chi connectivity index (χ3v) is 5.48. The second-order valence-electron chi connectivity index (χ2n) is 6.96. The van der Waals surface area contributed by atoms with Crippen LogP contribution in [0, 0.1) is 12.7 Å². The lowest BCUT2D eigenvalue weighted by molar-refractivity contribution is 0.101. The van der Waals surface area contributed by atoms with Crippen LogP contribution in [0.15, 0.2) is 54.7 Å². The molecular weight excluding hydrogens is 417 g/mol. The third-order valence-electron chi connectivity index (χ3n) is 4.57. The number of amides is 1. The van der Waals surface area contributed by atoms with Crippen molar-refractivity contribution in [3.8, 4) is 5.69 Å². The van der Waals surface area contributed by atoms with Crippen molar-refractivity contribution in [1.82, 2.24) is 20.0 Å². The molecule has 9 heteroatoms. The van der Waals surface area contributed by atoms with Gasteiger partial charge in [-0.1, -0.05) is 29.5 Å². The number of carbonyl (C=O) groups excluding carboxylic acids is 1. The van der Waals surface area contributed by atoms with Crippen LogP contribution in [0.25, 0.3) is 5.69 Å². The number of thiazole rings is 1. The predicted molar refractivity (Wildman–Crippen MR) is 116 cm³/mol. The van der Waals surface area contributed by atoms with Crippen molar-refractivity contribution in [2.24, 2.45) is 0 Å². The molecule has 0 spiro atoms. The minimum atomic E-state index is -0.409. The van der Waals surface area contributed by atoms with Crippen LogP contribution in [-0.4, -0.2) is 33.0 Å². The fourth-order valence-corrected chi connectivity index (χ4v) is 3.96. The van der Waals surface area contributed by atoms with E-state index in [4.69, 9.17) is 4.74 Å². The molecule has 1 N–H and O–H groups in total. The quantitative estimate of drug-likeness (QED) is 0.470. The summed E-state index contributed by atoms with van der Waals surface area (Å²) in [5.74, 6) is -0.680. The summed E-state index contributed by atoms with van der Waals surface area (Å²) >= 11 is 1.36. The van der Waals surface area contributed by atoms with E-state index in [1.54, 1.807) is 30.1 Å². The molecule has 0 aliphatic rings. The first-order chi connectivity index (χ1) is 15.0. The fourth-order valence-electron chi connectivity index (χ4n) is 3.12. The Balaban J connectivity index is 1.52. The SMILES string of the molecule is COCc1c(C(=O)Nc2ncc(Cc3ccc(F)cc3)s2)nnn1-c1cccc(C)c1. The Hall–Kier alpha value is -3.43. The van der Waals surface area contributed by atoms with E-state index >= 15 is 0 Å². The van der Waals surface area contributed by atoms with Crippen molar-refractivity contribution >= 4 is 22.4 Å². The highest BCUT2D eigenvalue weighted by Crippen LogP contribution is 2.23. The monoisotopic (exact) mass is 437 g/mol. The molecule has 0 saturated carbocycles. The van der Waals surface area contributed by atoms with Crippen LogP contribution in [0.3, 0.4) is 0 Å². The number of methoxy groups -OCH3 is 1. The summed E-state index contributed by atoms with van der Waals surface area (Å²) in [6.07, 6.45) is 2.30. The highest BCUT2D eigenvalue weighted by molar-refractivity contribution is 7.15. The van der Waals surface area contributed by atoms with Gasteiger partial charge in [0.15, 0.2) is 10.8 Å². The normalized spacial score (nSPS) is 10.9. The molecule has 1 amide bonds. The Bertz CT molecular complexity index is 1200. The van der Waals surface area contributed by atoms with Crippen LogP contribution < -0.4 is 5.32 Å². The molecule has 0 saturated heterocycles. The molecule has 31 heavy (non-hydrogen) atoms. The van der Waals surface area contributed by atoms with Gasteiger partial charge in [-0.2, -0.15) is 0 Å². The van der Waals surface area contributed by atoms with E-state index in [2.05, 4.69) is 20.6 Å². The lowest BCUT2D eigenvalue weighted by Crippen LogP contribution is -2.15. The Morgan fingerprint density at radius 2 is 2.03 bits per heavy atom. The number of nitrogens with one attached hydrogen (secondary N) is 1. The van der Waals surface area contributed by atoms with Gasteiger partial charge in [0.05, 0.1) is 12.3 Å². The zero-order valence-electron chi connectivity index (χ0n) is 17.0. The maximum absolute atomic E-state index is 13.1. The molecule has 0 unspecified atom stereocenters. The van der Waals surface area contributed by atoms with Gasteiger partial charge in [-0.05, 0) is 42.3 Å². The van der Waals surface area contributed by atoms with Gasteiger partial charge < -0.3 is 4.74 Å². The summed E-state index contributed by atoms with van der Waals surface area (Å²) in [6.45, 7) is 2.16. The van der Waals surface area contributed by atoms with E-state index in [0.717, 1.165) is 21.7 Å². The van der Waals surface area contributed by atoms with Crippen LogP contribution >= 0.6 is 11.3 Å². The van der Waals surface area contributed by atoms with Crippen LogP contribution in [0.4, 0.5) is 9.52 Å². The number of aryl methyl sites for hydroxylation is 1. The smallest absolute Gasteiger partial charge is 0.280 e. The second kappa shape index (κ2) is 9.15. The van der Waals surface area contributed by atoms with Crippen LogP contribution in [0.1, 0.15) is 32.2 Å². The Morgan fingerprint density at radius 1 is 1.23 bits per heavy atom. The topological polar surface area (TPSA) is 81.9 Å². The molecule has 7 nitrogen and oxygen atoms in total. The Kier molecular flexibility index (Phi) is 6.15. The van der Waals surface area contributed by atoms with E-state index in [0.29, 0.717) is 17.2 Å². The first kappa shape index (κ1) is 20.8. The average molecular weight is 438 g/mol. The number of aromatic nitrogens is 4. The second-order valence-corrected chi connectivity index (χ2v) is 8.07. The molecule has 0 fully saturated rings. The first-order valence-electron chi connectivity index (χ1n) is 9.54. The fraction of sp³-hybridized carbons (Fsp3) is 0.182. The van der Waals surface area contributed by atoms with Crippen LogP contribution in [0.2, 0.25) is 0 Å². The molecule has 2 heterocycles. The summed E-state index contributed by atoms with van der Waals surface area (Å²) < 4.78 is 20.0. The summed E-state index contributed by atoms with van der Waals surface area (Å²) in [7, 11) is 1.55. The summed E-state index contributed by atoms with van der Waals surface area (Å²) in [5.41, 5.74) is 3.56. The molecule has 2 aromatic heterocycles. The highest BCUT2D eigenvalue weighted by Gasteiger charge is 2.21. The van der Waals surface area contributed by atoms with Gasteiger partial charge in [0.1, 0.15) is 11.5 Å². The van der Waals surface area contributed by atoms with Gasteiger partial charge in [0, 0.05) is 24.6 Å². The average Bonchev–Trinajstić information content (AvgIpc) is 3.37. The van der Waals surface area contributed by atoms with Gasteiger partial charge >= 0.3 is 0 Å². The third kappa shape index (κ3) is 4.84. The van der Waals surface area contributed by atoms with E-state index in [1.165, 1.54) is 23.5 Å². The van der Waals surface area contributed by atoms with Gasteiger partial charge in [0.25, 0.3) is 5.91 Å². The van der Waals surface area contributed by atoms with Crippen LogP contribution in [0.5, 0.6) is 0 Å². The number of hydrogen-bond acceptors (Lipinski definition) is 6. The molecular formula is C22H20FN5O2S.